The van der Waals surface area contributed by atoms with Crippen molar-refractivity contribution in [3.63, 3.8) is 0 Å². The van der Waals surface area contributed by atoms with Crippen LogP contribution in [-0.4, -0.2) is 27.0 Å². The average Bonchev–Trinajstić information content (AvgIpc) is 2.94. The molecular formula is C16H18N4OS3. The number of nitrogens with one attached hydrogen (secondary N) is 1. The topological polar surface area (TPSA) is 70.7 Å². The molecule has 1 atom stereocenters. The molecule has 0 aliphatic carbocycles. The van der Waals surface area contributed by atoms with Gasteiger partial charge in [0.2, 0.25) is 5.91 Å². The van der Waals surface area contributed by atoms with Crippen molar-refractivity contribution in [1.82, 2.24) is 15.1 Å². The summed E-state index contributed by atoms with van der Waals surface area (Å²) in [5.41, 5.74) is 0.0279. The molecule has 0 aliphatic heterocycles. The molecule has 1 N–H and O–H groups in total. The Labute approximate surface area is 154 Å². The van der Waals surface area contributed by atoms with Gasteiger partial charge in [-0.2, -0.15) is 5.26 Å². The summed E-state index contributed by atoms with van der Waals surface area (Å²) < 4.78 is 3.05. The van der Waals surface area contributed by atoms with Crippen molar-refractivity contribution in [1.29, 1.82) is 5.26 Å². The minimum Gasteiger partial charge on any atom is -0.337 e. The van der Waals surface area contributed by atoms with Crippen molar-refractivity contribution in [3.05, 3.63) is 34.3 Å². The molecule has 24 heavy (non-hydrogen) atoms. The molecule has 2 aromatic rings. The molecule has 5 nitrogen and oxygen atoms in total. The summed E-state index contributed by atoms with van der Waals surface area (Å²) in [6.45, 7) is 5.54. The van der Waals surface area contributed by atoms with E-state index in [9.17, 15) is 10.1 Å². The standard InChI is InChI=1S/C16H18N4OS3/c1-11(2)16(3,10-17)18-13(21)9-23-14-19-20(15(22)24-14)12-7-5-4-6-8-12/h4-8,11H,9H2,1-3H3,(H,18,21). The highest BCUT2D eigenvalue weighted by Crippen LogP contribution is 2.24. The third kappa shape index (κ3) is 4.44. The third-order valence-electron chi connectivity index (χ3n) is 3.64. The number of nitrogens with zero attached hydrogens (tertiary/aromatic N) is 3. The van der Waals surface area contributed by atoms with Crippen molar-refractivity contribution >= 4 is 41.2 Å². The lowest BCUT2D eigenvalue weighted by molar-refractivity contribution is -0.120. The normalized spacial score (nSPS) is 13.3. The predicted molar refractivity (Wildman–Crippen MR) is 100.0 cm³/mol. The fourth-order valence-electron chi connectivity index (χ4n) is 1.81. The fourth-order valence-corrected chi connectivity index (χ4v) is 3.97. The molecule has 0 saturated carbocycles. The quantitative estimate of drug-likeness (QED) is 0.611. The number of aromatic nitrogens is 2. The second-order valence-electron chi connectivity index (χ2n) is 5.69. The van der Waals surface area contributed by atoms with E-state index in [0.29, 0.717) is 3.95 Å². The number of benzene rings is 1. The molecule has 0 radical (unpaired) electrons. The third-order valence-corrected chi connectivity index (χ3v) is 6.01. The predicted octanol–water partition coefficient (Wildman–Crippen LogP) is 3.81. The highest BCUT2D eigenvalue weighted by Gasteiger charge is 2.29. The Bertz CT molecular complexity index is 807. The number of rotatable bonds is 6. The van der Waals surface area contributed by atoms with Gasteiger partial charge in [0.15, 0.2) is 8.29 Å². The number of thioether (sulfide) groups is 1. The van der Waals surface area contributed by atoms with Gasteiger partial charge >= 0.3 is 0 Å². The van der Waals surface area contributed by atoms with Gasteiger partial charge in [-0.15, -0.1) is 5.10 Å². The number of carbonyl (C=O) groups excluding carboxylic acids is 1. The van der Waals surface area contributed by atoms with Crippen LogP contribution in [0.25, 0.3) is 5.69 Å². The minimum atomic E-state index is -0.867. The molecule has 0 fully saturated rings. The van der Waals surface area contributed by atoms with Gasteiger partial charge in [0.25, 0.3) is 0 Å². The summed E-state index contributed by atoms with van der Waals surface area (Å²) in [4.78, 5) is 12.1. The maximum absolute atomic E-state index is 12.1. The largest absolute Gasteiger partial charge is 0.337 e. The SMILES string of the molecule is CC(C)C(C)(C#N)NC(=O)CSc1nn(-c2ccccc2)c(=S)s1. The van der Waals surface area contributed by atoms with Gasteiger partial charge in [-0.1, -0.05) is 55.1 Å². The Morgan fingerprint density at radius 2 is 2.17 bits per heavy atom. The van der Waals surface area contributed by atoms with Gasteiger partial charge < -0.3 is 5.32 Å². The summed E-state index contributed by atoms with van der Waals surface area (Å²) in [7, 11) is 0. The van der Waals surface area contributed by atoms with Crippen molar-refractivity contribution in [2.45, 2.75) is 30.6 Å². The number of hydrogen-bond donors (Lipinski definition) is 1. The fraction of sp³-hybridized carbons (Fsp3) is 0.375. The zero-order valence-corrected chi connectivity index (χ0v) is 16.1. The number of carbonyl (C=O) groups is 1. The minimum absolute atomic E-state index is 0.0239. The van der Waals surface area contributed by atoms with Crippen LogP contribution in [0.2, 0.25) is 0 Å². The molecule has 1 heterocycles. The van der Waals surface area contributed by atoms with Gasteiger partial charge in [0.1, 0.15) is 5.54 Å². The molecular weight excluding hydrogens is 360 g/mol. The lowest BCUT2D eigenvalue weighted by Crippen LogP contribution is -2.49. The number of hydrogen-bond acceptors (Lipinski definition) is 6. The Morgan fingerprint density at radius 3 is 2.75 bits per heavy atom. The maximum atomic E-state index is 12.1. The Morgan fingerprint density at radius 1 is 1.50 bits per heavy atom. The van der Waals surface area contributed by atoms with Crippen molar-refractivity contribution in [3.8, 4) is 11.8 Å². The van der Waals surface area contributed by atoms with E-state index in [4.69, 9.17) is 12.2 Å². The molecule has 2 rings (SSSR count). The van der Waals surface area contributed by atoms with E-state index in [-0.39, 0.29) is 17.6 Å². The van der Waals surface area contributed by atoms with Crippen LogP contribution >= 0.6 is 35.3 Å². The van der Waals surface area contributed by atoms with E-state index in [2.05, 4.69) is 16.5 Å². The lowest BCUT2D eigenvalue weighted by atomic mass is 9.90. The van der Waals surface area contributed by atoms with Gasteiger partial charge in [0.05, 0.1) is 17.5 Å². The van der Waals surface area contributed by atoms with Gasteiger partial charge in [0, 0.05) is 0 Å². The Hall–Kier alpha value is -1.69. The van der Waals surface area contributed by atoms with Gasteiger partial charge in [-0.05, 0) is 37.2 Å². The van der Waals surface area contributed by atoms with Crippen LogP contribution in [0.5, 0.6) is 0 Å². The first-order valence-corrected chi connectivity index (χ1v) is 9.57. The van der Waals surface area contributed by atoms with E-state index in [1.807, 2.05) is 44.2 Å². The van der Waals surface area contributed by atoms with E-state index in [1.165, 1.54) is 23.1 Å². The van der Waals surface area contributed by atoms with Crippen LogP contribution in [0, 0.1) is 21.2 Å². The van der Waals surface area contributed by atoms with E-state index < -0.39 is 5.54 Å². The van der Waals surface area contributed by atoms with Crippen LogP contribution in [-0.2, 0) is 4.79 Å². The zero-order chi connectivity index (χ0) is 17.7. The lowest BCUT2D eigenvalue weighted by Gasteiger charge is -2.27. The highest BCUT2D eigenvalue weighted by atomic mass is 32.2. The van der Waals surface area contributed by atoms with Crippen LogP contribution < -0.4 is 5.32 Å². The van der Waals surface area contributed by atoms with Crippen LogP contribution in [0.1, 0.15) is 20.8 Å². The van der Waals surface area contributed by atoms with Crippen molar-refractivity contribution in [2.75, 3.05) is 5.75 Å². The zero-order valence-electron chi connectivity index (χ0n) is 13.6. The second kappa shape index (κ2) is 7.92. The summed E-state index contributed by atoms with van der Waals surface area (Å²) in [5, 5.41) is 16.5. The number of amides is 1. The smallest absolute Gasteiger partial charge is 0.231 e. The van der Waals surface area contributed by atoms with E-state index in [0.717, 1.165) is 10.0 Å². The monoisotopic (exact) mass is 378 g/mol. The van der Waals surface area contributed by atoms with Gasteiger partial charge in [-0.25, -0.2) is 4.68 Å². The van der Waals surface area contributed by atoms with E-state index in [1.54, 1.807) is 11.6 Å². The molecule has 0 spiro atoms. The first-order valence-electron chi connectivity index (χ1n) is 7.36. The molecule has 1 amide bonds. The summed E-state index contributed by atoms with van der Waals surface area (Å²) in [5.74, 6) is 0.0297. The maximum Gasteiger partial charge on any atom is 0.231 e. The molecule has 1 unspecified atom stereocenters. The van der Waals surface area contributed by atoms with Crippen molar-refractivity contribution < 1.29 is 4.79 Å². The first kappa shape index (κ1) is 18.6. The van der Waals surface area contributed by atoms with Crippen molar-refractivity contribution in [2.24, 2.45) is 5.92 Å². The Kier molecular flexibility index (Phi) is 6.15. The van der Waals surface area contributed by atoms with Crippen LogP contribution in [0.15, 0.2) is 34.7 Å². The molecule has 0 bridgehead atoms. The number of nitriles is 1. The molecule has 1 aromatic carbocycles. The summed E-state index contributed by atoms with van der Waals surface area (Å²) in [6, 6.07) is 11.8. The summed E-state index contributed by atoms with van der Waals surface area (Å²) in [6.07, 6.45) is 0. The second-order valence-corrected chi connectivity index (χ2v) is 8.53. The van der Waals surface area contributed by atoms with E-state index >= 15 is 0 Å². The molecule has 1 aromatic heterocycles. The Balaban J connectivity index is 2.02. The molecule has 0 aliphatic rings. The molecule has 8 heteroatoms. The highest BCUT2D eigenvalue weighted by molar-refractivity contribution is 8.01. The average molecular weight is 379 g/mol. The summed E-state index contributed by atoms with van der Waals surface area (Å²) >= 11 is 8.02. The number of para-hydroxylation sites is 1. The molecule has 126 valence electrons. The first-order chi connectivity index (χ1) is 11.4. The van der Waals surface area contributed by atoms with Crippen LogP contribution in [0.4, 0.5) is 0 Å². The van der Waals surface area contributed by atoms with Crippen LogP contribution in [0.3, 0.4) is 0 Å². The molecule has 0 saturated heterocycles. The van der Waals surface area contributed by atoms with Gasteiger partial charge in [-0.3, -0.25) is 4.79 Å².